The van der Waals surface area contributed by atoms with Crippen LogP contribution in [-0.2, 0) is 0 Å². The van der Waals surface area contributed by atoms with Crippen LogP contribution in [0.15, 0.2) is 33.0 Å². The lowest BCUT2D eigenvalue weighted by atomic mass is 10.2. The number of nitrogens with one attached hydrogen (secondary N) is 1. The Labute approximate surface area is 111 Å². The van der Waals surface area contributed by atoms with Gasteiger partial charge in [0.05, 0.1) is 17.0 Å². The van der Waals surface area contributed by atoms with Crippen LogP contribution < -0.4 is 5.56 Å². The number of hydrogen-bond donors (Lipinski definition) is 1. The molecule has 3 rings (SSSR count). The van der Waals surface area contributed by atoms with Gasteiger partial charge in [-0.1, -0.05) is 0 Å². The Bertz CT molecular complexity index is 743. The molecule has 92 valence electrons. The van der Waals surface area contributed by atoms with Crippen molar-refractivity contribution in [3.63, 3.8) is 0 Å². The molecular formula is C12H9ClN2O2S. The molecule has 3 aromatic heterocycles. The average molecular weight is 281 g/mol. The van der Waals surface area contributed by atoms with Gasteiger partial charge in [0.1, 0.15) is 16.4 Å². The summed E-state index contributed by atoms with van der Waals surface area (Å²) in [5, 5.41) is 2.10. The van der Waals surface area contributed by atoms with Gasteiger partial charge in [0, 0.05) is 10.9 Å². The summed E-state index contributed by atoms with van der Waals surface area (Å²) in [4.78, 5) is 19.8. The molecule has 0 aliphatic rings. The topological polar surface area (TPSA) is 58.9 Å². The van der Waals surface area contributed by atoms with E-state index in [-0.39, 0.29) is 10.9 Å². The molecule has 0 fully saturated rings. The van der Waals surface area contributed by atoms with Gasteiger partial charge >= 0.3 is 0 Å². The van der Waals surface area contributed by atoms with Crippen molar-refractivity contribution in [1.29, 1.82) is 0 Å². The molecule has 6 heteroatoms. The molecule has 1 unspecified atom stereocenters. The van der Waals surface area contributed by atoms with E-state index in [4.69, 9.17) is 16.0 Å². The number of nitrogens with zero attached hydrogens (tertiary/aromatic N) is 1. The van der Waals surface area contributed by atoms with Crippen LogP contribution in [0.3, 0.4) is 0 Å². The van der Waals surface area contributed by atoms with Crippen LogP contribution in [0.1, 0.15) is 18.1 Å². The number of furan rings is 1. The average Bonchev–Trinajstić information content (AvgIpc) is 2.96. The molecule has 0 aliphatic heterocycles. The van der Waals surface area contributed by atoms with Crippen molar-refractivity contribution < 1.29 is 4.42 Å². The zero-order valence-corrected chi connectivity index (χ0v) is 11.0. The van der Waals surface area contributed by atoms with E-state index >= 15 is 0 Å². The van der Waals surface area contributed by atoms with E-state index in [1.165, 1.54) is 11.3 Å². The standard InChI is InChI=1S/C12H9ClN2O2S/c1-6(13)10-14-11(16)9-7(5-18-12(9)15-10)8-3-2-4-17-8/h2-6H,1H3,(H,14,15,16). The van der Waals surface area contributed by atoms with Crippen molar-refractivity contribution in [2.24, 2.45) is 0 Å². The molecule has 3 heterocycles. The van der Waals surface area contributed by atoms with Gasteiger partial charge in [-0.3, -0.25) is 4.79 Å². The summed E-state index contributed by atoms with van der Waals surface area (Å²) >= 11 is 7.34. The second-order valence-electron chi connectivity index (χ2n) is 3.87. The summed E-state index contributed by atoms with van der Waals surface area (Å²) < 4.78 is 5.32. The molecule has 0 aromatic carbocycles. The van der Waals surface area contributed by atoms with E-state index in [0.29, 0.717) is 21.8 Å². The smallest absolute Gasteiger partial charge is 0.260 e. The van der Waals surface area contributed by atoms with Crippen LogP contribution in [0.5, 0.6) is 0 Å². The van der Waals surface area contributed by atoms with Gasteiger partial charge in [-0.15, -0.1) is 22.9 Å². The van der Waals surface area contributed by atoms with Gasteiger partial charge in [0.25, 0.3) is 5.56 Å². The molecule has 4 nitrogen and oxygen atoms in total. The molecule has 1 N–H and O–H groups in total. The first-order chi connectivity index (χ1) is 8.66. The number of aromatic amines is 1. The third-order valence-electron chi connectivity index (χ3n) is 2.63. The van der Waals surface area contributed by atoms with Crippen LogP contribution in [0.4, 0.5) is 0 Å². The normalized spacial score (nSPS) is 13.0. The van der Waals surface area contributed by atoms with Crippen molar-refractivity contribution in [2.75, 3.05) is 0 Å². The lowest BCUT2D eigenvalue weighted by Crippen LogP contribution is -2.11. The van der Waals surface area contributed by atoms with Gasteiger partial charge in [-0.2, -0.15) is 0 Å². The second-order valence-corrected chi connectivity index (χ2v) is 5.39. The molecule has 0 aliphatic carbocycles. The van der Waals surface area contributed by atoms with Crippen LogP contribution >= 0.6 is 22.9 Å². The fraction of sp³-hybridized carbons (Fsp3) is 0.167. The Morgan fingerprint density at radius 3 is 3.06 bits per heavy atom. The fourth-order valence-electron chi connectivity index (χ4n) is 1.77. The molecule has 0 saturated heterocycles. The molecule has 1 atom stereocenters. The SMILES string of the molecule is CC(Cl)c1nc2scc(-c3ccco3)c2c(=O)[nH]1. The minimum Gasteiger partial charge on any atom is -0.464 e. The molecule has 0 bridgehead atoms. The Hall–Kier alpha value is -1.59. The minimum absolute atomic E-state index is 0.185. The molecule has 0 spiro atoms. The van der Waals surface area contributed by atoms with Gasteiger partial charge in [-0.25, -0.2) is 4.98 Å². The lowest BCUT2D eigenvalue weighted by molar-refractivity contribution is 0.583. The quantitative estimate of drug-likeness (QED) is 0.730. The Morgan fingerprint density at radius 1 is 1.56 bits per heavy atom. The van der Waals surface area contributed by atoms with Crippen molar-refractivity contribution >= 4 is 33.2 Å². The number of aromatic nitrogens is 2. The van der Waals surface area contributed by atoms with Gasteiger partial charge in [0.15, 0.2) is 0 Å². The maximum Gasteiger partial charge on any atom is 0.260 e. The van der Waals surface area contributed by atoms with Gasteiger partial charge in [0.2, 0.25) is 0 Å². The summed E-state index contributed by atoms with van der Waals surface area (Å²) in [5.74, 6) is 1.15. The van der Waals surface area contributed by atoms with E-state index in [1.54, 1.807) is 19.3 Å². The number of H-pyrrole nitrogens is 1. The minimum atomic E-state index is -0.323. The van der Waals surface area contributed by atoms with Gasteiger partial charge in [-0.05, 0) is 19.1 Å². The second kappa shape index (κ2) is 4.26. The first kappa shape index (κ1) is 11.5. The third kappa shape index (κ3) is 1.76. The highest BCUT2D eigenvalue weighted by Gasteiger charge is 2.15. The highest BCUT2D eigenvalue weighted by atomic mass is 35.5. The zero-order valence-electron chi connectivity index (χ0n) is 9.44. The van der Waals surface area contributed by atoms with Crippen LogP contribution in [0.25, 0.3) is 21.5 Å². The predicted molar refractivity (Wildman–Crippen MR) is 72.2 cm³/mol. The monoisotopic (exact) mass is 280 g/mol. The molecule has 18 heavy (non-hydrogen) atoms. The molecular weight excluding hydrogens is 272 g/mol. The van der Waals surface area contributed by atoms with E-state index in [0.717, 1.165) is 5.56 Å². The Morgan fingerprint density at radius 2 is 2.39 bits per heavy atom. The molecule has 0 amide bonds. The number of alkyl halides is 1. The van der Waals surface area contributed by atoms with E-state index in [1.807, 2.05) is 11.4 Å². The first-order valence-electron chi connectivity index (χ1n) is 5.36. The van der Waals surface area contributed by atoms with E-state index in [9.17, 15) is 4.79 Å². The van der Waals surface area contributed by atoms with Crippen LogP contribution in [0, 0.1) is 0 Å². The first-order valence-corrected chi connectivity index (χ1v) is 6.68. The maximum absolute atomic E-state index is 12.1. The summed E-state index contributed by atoms with van der Waals surface area (Å²) in [6, 6.07) is 3.61. The molecule has 0 saturated carbocycles. The van der Waals surface area contributed by atoms with Crippen molar-refractivity contribution in [1.82, 2.24) is 9.97 Å². The fourth-order valence-corrected chi connectivity index (χ4v) is 2.81. The largest absolute Gasteiger partial charge is 0.464 e. The number of rotatable bonds is 2. The number of thiophene rings is 1. The Balaban J connectivity index is 2.30. The van der Waals surface area contributed by atoms with Crippen LogP contribution in [0.2, 0.25) is 0 Å². The summed E-state index contributed by atoms with van der Waals surface area (Å²) in [6.07, 6.45) is 1.58. The molecule has 3 aromatic rings. The number of halogens is 1. The lowest BCUT2D eigenvalue weighted by Gasteiger charge is -2.01. The van der Waals surface area contributed by atoms with Crippen molar-refractivity contribution in [2.45, 2.75) is 12.3 Å². The summed E-state index contributed by atoms with van der Waals surface area (Å²) in [7, 11) is 0. The summed E-state index contributed by atoms with van der Waals surface area (Å²) in [5.41, 5.74) is 0.581. The van der Waals surface area contributed by atoms with Crippen molar-refractivity contribution in [3.8, 4) is 11.3 Å². The number of hydrogen-bond acceptors (Lipinski definition) is 4. The number of fused-ring (bicyclic) bond motifs is 1. The Kier molecular flexibility index (Phi) is 2.72. The highest BCUT2D eigenvalue weighted by Crippen LogP contribution is 2.31. The third-order valence-corrected chi connectivity index (χ3v) is 3.70. The van der Waals surface area contributed by atoms with E-state index < -0.39 is 0 Å². The summed E-state index contributed by atoms with van der Waals surface area (Å²) in [6.45, 7) is 1.77. The van der Waals surface area contributed by atoms with Gasteiger partial charge < -0.3 is 9.40 Å². The maximum atomic E-state index is 12.1. The zero-order chi connectivity index (χ0) is 12.7. The molecule has 0 radical (unpaired) electrons. The predicted octanol–water partition coefficient (Wildman–Crippen LogP) is 3.54. The highest BCUT2D eigenvalue weighted by molar-refractivity contribution is 7.17. The van der Waals surface area contributed by atoms with E-state index in [2.05, 4.69) is 9.97 Å². The van der Waals surface area contributed by atoms with Crippen LogP contribution in [-0.4, -0.2) is 9.97 Å². The van der Waals surface area contributed by atoms with Crippen molar-refractivity contribution in [3.05, 3.63) is 40.0 Å².